The molecule has 0 aliphatic rings. The lowest BCUT2D eigenvalue weighted by atomic mass is 9.99. The molecule has 0 radical (unpaired) electrons. The first-order valence-corrected chi connectivity index (χ1v) is 18.6. The van der Waals surface area contributed by atoms with E-state index in [-0.39, 0.29) is 24.1 Å². The quantitative estimate of drug-likeness (QED) is 0.0432. The lowest BCUT2D eigenvalue weighted by Crippen LogP contribution is -2.35. The van der Waals surface area contributed by atoms with Crippen LogP contribution in [0, 0.1) is 0 Å². The lowest BCUT2D eigenvalue weighted by Gasteiger charge is -2.27. The van der Waals surface area contributed by atoms with E-state index in [2.05, 4.69) is 27.4 Å². The highest BCUT2D eigenvalue weighted by Crippen LogP contribution is 2.22. The highest BCUT2D eigenvalue weighted by atomic mass is 16.6. The van der Waals surface area contributed by atoms with E-state index in [9.17, 15) is 9.59 Å². The fraction of sp³-hybridized carbons (Fsp3) is 0.895. The molecule has 0 heterocycles. The fourth-order valence-corrected chi connectivity index (χ4v) is 5.66. The molecule has 0 spiro atoms. The molecule has 0 N–H and O–H groups in total. The molecule has 2 unspecified atom stereocenters. The number of unbranched alkanes of at least 4 members (excludes halogenated alkanes) is 21. The molecule has 0 aromatic carbocycles. The number of hydrogen-bond donors (Lipinski definition) is 0. The van der Waals surface area contributed by atoms with Crippen LogP contribution in [0.25, 0.3) is 0 Å². The van der Waals surface area contributed by atoms with Gasteiger partial charge >= 0.3 is 11.9 Å². The van der Waals surface area contributed by atoms with Crippen molar-refractivity contribution < 1.29 is 19.1 Å². The van der Waals surface area contributed by atoms with Crippen LogP contribution in [0.15, 0.2) is 12.7 Å². The van der Waals surface area contributed by atoms with E-state index in [1.54, 1.807) is 0 Å². The van der Waals surface area contributed by atoms with Crippen molar-refractivity contribution >= 4 is 11.9 Å². The number of rotatable bonds is 33. The van der Waals surface area contributed by atoms with Crippen molar-refractivity contribution in [3.63, 3.8) is 0 Å². The standard InChI is InChI=1S/C38H72O4/c1-5-9-13-17-19-21-23-25-29-33-37(39)41-35(31-27-15-11-7-3)36(32-28-16-12-8-4)42-38(40)34-30-26-24-22-20-18-14-10-6-2/h7,35-36H,3,5-6,8-34H2,1-2,4H3. The third-order valence-electron chi connectivity index (χ3n) is 8.44. The van der Waals surface area contributed by atoms with Gasteiger partial charge in [-0.1, -0.05) is 149 Å². The largest absolute Gasteiger partial charge is 0.458 e. The Morgan fingerprint density at radius 2 is 0.786 bits per heavy atom. The highest BCUT2D eigenvalue weighted by molar-refractivity contribution is 5.70. The molecule has 0 rings (SSSR count). The molecular weight excluding hydrogens is 520 g/mol. The monoisotopic (exact) mass is 593 g/mol. The Kier molecular flexibility index (Phi) is 31.6. The first kappa shape index (κ1) is 40.7. The summed E-state index contributed by atoms with van der Waals surface area (Å²) in [6.07, 6.45) is 33.2. The maximum atomic E-state index is 12.9. The Labute approximate surface area is 262 Å². The van der Waals surface area contributed by atoms with Crippen LogP contribution in [-0.2, 0) is 19.1 Å². The van der Waals surface area contributed by atoms with Gasteiger partial charge in [0.2, 0.25) is 0 Å². The molecule has 0 bridgehead atoms. The van der Waals surface area contributed by atoms with Crippen molar-refractivity contribution in [1.29, 1.82) is 0 Å². The second-order valence-corrected chi connectivity index (χ2v) is 12.6. The predicted octanol–water partition coefficient (Wildman–Crippen LogP) is 12.4. The molecule has 0 aliphatic carbocycles. The fourth-order valence-electron chi connectivity index (χ4n) is 5.66. The van der Waals surface area contributed by atoms with Gasteiger partial charge in [-0.15, -0.1) is 6.58 Å². The second-order valence-electron chi connectivity index (χ2n) is 12.6. The van der Waals surface area contributed by atoms with Crippen LogP contribution in [0.2, 0.25) is 0 Å². The topological polar surface area (TPSA) is 52.6 Å². The number of ether oxygens (including phenoxy) is 2. The lowest BCUT2D eigenvalue weighted by molar-refractivity contribution is -0.169. The molecule has 0 saturated carbocycles. The van der Waals surface area contributed by atoms with Crippen molar-refractivity contribution in [3.05, 3.63) is 12.7 Å². The third kappa shape index (κ3) is 27.5. The molecule has 0 aromatic heterocycles. The second kappa shape index (κ2) is 32.6. The maximum Gasteiger partial charge on any atom is 0.306 e. The van der Waals surface area contributed by atoms with Crippen molar-refractivity contribution in [3.8, 4) is 0 Å². The number of allylic oxidation sites excluding steroid dienone is 1. The van der Waals surface area contributed by atoms with Crippen molar-refractivity contribution in [2.75, 3.05) is 0 Å². The summed E-state index contributed by atoms with van der Waals surface area (Å²) < 4.78 is 12.2. The number of hydrogen-bond acceptors (Lipinski definition) is 4. The van der Waals surface area contributed by atoms with Crippen LogP contribution in [-0.4, -0.2) is 24.1 Å². The first-order valence-electron chi connectivity index (χ1n) is 18.6. The zero-order chi connectivity index (χ0) is 30.9. The van der Waals surface area contributed by atoms with Gasteiger partial charge in [-0.3, -0.25) is 9.59 Å². The van der Waals surface area contributed by atoms with Crippen LogP contribution in [0.3, 0.4) is 0 Å². The first-order chi connectivity index (χ1) is 20.6. The van der Waals surface area contributed by atoms with Crippen molar-refractivity contribution in [1.82, 2.24) is 0 Å². The van der Waals surface area contributed by atoms with Crippen molar-refractivity contribution in [2.24, 2.45) is 0 Å². The van der Waals surface area contributed by atoms with E-state index >= 15 is 0 Å². The highest BCUT2D eigenvalue weighted by Gasteiger charge is 2.28. The van der Waals surface area contributed by atoms with E-state index in [1.807, 2.05) is 6.08 Å². The van der Waals surface area contributed by atoms with E-state index in [0.717, 1.165) is 70.6 Å². The maximum absolute atomic E-state index is 12.9. The van der Waals surface area contributed by atoms with E-state index in [0.29, 0.717) is 12.8 Å². The Morgan fingerprint density at radius 3 is 1.14 bits per heavy atom. The molecule has 4 heteroatoms. The van der Waals surface area contributed by atoms with Crippen LogP contribution < -0.4 is 0 Å². The average Bonchev–Trinajstić information content (AvgIpc) is 2.98. The molecule has 42 heavy (non-hydrogen) atoms. The zero-order valence-corrected chi connectivity index (χ0v) is 28.6. The normalized spacial score (nSPS) is 12.6. The molecule has 0 aliphatic heterocycles. The third-order valence-corrected chi connectivity index (χ3v) is 8.44. The molecule has 0 amide bonds. The van der Waals surface area contributed by atoms with Gasteiger partial charge in [0.25, 0.3) is 0 Å². The summed E-state index contributed by atoms with van der Waals surface area (Å²) in [6, 6.07) is 0. The van der Waals surface area contributed by atoms with E-state index < -0.39 is 0 Å². The Morgan fingerprint density at radius 1 is 0.476 bits per heavy atom. The summed E-state index contributed by atoms with van der Waals surface area (Å²) in [4.78, 5) is 25.8. The van der Waals surface area contributed by atoms with Gasteiger partial charge in [0.15, 0.2) is 0 Å². The molecule has 2 atom stereocenters. The number of carbonyl (C=O) groups excluding carboxylic acids is 2. The molecule has 0 saturated heterocycles. The average molecular weight is 593 g/mol. The van der Waals surface area contributed by atoms with E-state index in [1.165, 1.54) is 103 Å². The Balaban J connectivity index is 4.76. The molecular formula is C38H72O4. The Bertz CT molecular complexity index is 602. The summed E-state index contributed by atoms with van der Waals surface area (Å²) in [5, 5.41) is 0. The van der Waals surface area contributed by atoms with Crippen molar-refractivity contribution in [2.45, 2.75) is 219 Å². The van der Waals surface area contributed by atoms with Crippen LogP contribution >= 0.6 is 0 Å². The smallest absolute Gasteiger partial charge is 0.306 e. The minimum atomic E-state index is -0.338. The predicted molar refractivity (Wildman–Crippen MR) is 181 cm³/mol. The summed E-state index contributed by atoms with van der Waals surface area (Å²) in [5.74, 6) is -0.246. The van der Waals surface area contributed by atoms with Gasteiger partial charge in [0.1, 0.15) is 12.2 Å². The van der Waals surface area contributed by atoms with Crippen LogP contribution in [0.1, 0.15) is 207 Å². The summed E-state index contributed by atoms with van der Waals surface area (Å²) in [7, 11) is 0. The van der Waals surface area contributed by atoms with Gasteiger partial charge < -0.3 is 9.47 Å². The van der Waals surface area contributed by atoms with Gasteiger partial charge in [0, 0.05) is 12.8 Å². The SMILES string of the molecule is C=CCCCCC(OC(=O)CCCCCCCCCCC)C(CCCCCC)OC(=O)CCCCCCCCCCC. The van der Waals surface area contributed by atoms with E-state index in [4.69, 9.17) is 9.47 Å². The zero-order valence-electron chi connectivity index (χ0n) is 28.6. The summed E-state index contributed by atoms with van der Waals surface area (Å²) in [5.41, 5.74) is 0. The van der Waals surface area contributed by atoms with Gasteiger partial charge in [-0.05, 0) is 51.4 Å². The van der Waals surface area contributed by atoms with Gasteiger partial charge in [-0.25, -0.2) is 0 Å². The molecule has 4 nitrogen and oxygen atoms in total. The summed E-state index contributed by atoms with van der Waals surface area (Å²) >= 11 is 0. The molecule has 0 fully saturated rings. The number of carbonyl (C=O) groups is 2. The van der Waals surface area contributed by atoms with Crippen LogP contribution in [0.4, 0.5) is 0 Å². The molecule has 0 aromatic rings. The number of esters is 2. The van der Waals surface area contributed by atoms with Gasteiger partial charge in [-0.2, -0.15) is 0 Å². The van der Waals surface area contributed by atoms with Gasteiger partial charge in [0.05, 0.1) is 0 Å². The molecule has 248 valence electrons. The minimum absolute atomic E-state index is 0.121. The summed E-state index contributed by atoms with van der Waals surface area (Å²) in [6.45, 7) is 10.6. The van der Waals surface area contributed by atoms with Crippen LogP contribution in [0.5, 0.6) is 0 Å². The Hall–Kier alpha value is -1.32. The minimum Gasteiger partial charge on any atom is -0.458 e.